The van der Waals surface area contributed by atoms with Crippen molar-refractivity contribution < 1.29 is 0 Å². The second-order valence-electron chi connectivity index (χ2n) is 4.64. The third kappa shape index (κ3) is 3.17. The zero-order valence-electron chi connectivity index (χ0n) is 10.6. The Morgan fingerprint density at radius 3 is 2.76 bits per heavy atom. The van der Waals surface area contributed by atoms with Gasteiger partial charge in [-0.2, -0.15) is 5.10 Å². The summed E-state index contributed by atoms with van der Waals surface area (Å²) in [5.41, 5.74) is 3.69. The van der Waals surface area contributed by atoms with Crippen LogP contribution < -0.4 is 5.32 Å². The second-order valence-corrected chi connectivity index (χ2v) is 4.64. The zero-order chi connectivity index (χ0) is 12.3. The largest absolute Gasteiger partial charge is 0.310 e. The molecule has 1 aromatic carbocycles. The summed E-state index contributed by atoms with van der Waals surface area (Å²) in [4.78, 5) is 0. The number of rotatable bonds is 4. The Morgan fingerprint density at radius 2 is 2.12 bits per heavy atom. The fraction of sp³-hybridized carbons (Fsp3) is 0.357. The van der Waals surface area contributed by atoms with E-state index in [1.54, 1.807) is 0 Å². The van der Waals surface area contributed by atoms with Crippen LogP contribution in [-0.2, 0) is 13.6 Å². The molecule has 0 aliphatic rings. The SMILES string of the molecule is CC(C)NCc1cccc(-c2cnn(C)c2)c1. The molecule has 0 bridgehead atoms. The zero-order valence-corrected chi connectivity index (χ0v) is 10.6. The molecule has 3 heteroatoms. The molecule has 0 fully saturated rings. The van der Waals surface area contributed by atoms with Crippen LogP contribution in [0.4, 0.5) is 0 Å². The average Bonchev–Trinajstić information content (AvgIpc) is 2.74. The highest BCUT2D eigenvalue weighted by Crippen LogP contribution is 2.19. The van der Waals surface area contributed by atoms with Crippen molar-refractivity contribution in [2.75, 3.05) is 0 Å². The minimum absolute atomic E-state index is 0.511. The lowest BCUT2D eigenvalue weighted by atomic mass is 10.1. The minimum Gasteiger partial charge on any atom is -0.310 e. The summed E-state index contributed by atoms with van der Waals surface area (Å²) in [5, 5.41) is 7.62. The predicted octanol–water partition coefficient (Wildman–Crippen LogP) is 2.59. The van der Waals surface area contributed by atoms with Crippen LogP contribution in [0.2, 0.25) is 0 Å². The van der Waals surface area contributed by atoms with Crippen molar-refractivity contribution in [3.63, 3.8) is 0 Å². The van der Waals surface area contributed by atoms with E-state index in [0.29, 0.717) is 6.04 Å². The average molecular weight is 229 g/mol. The number of nitrogens with zero attached hydrogens (tertiary/aromatic N) is 2. The van der Waals surface area contributed by atoms with Crippen LogP contribution in [0, 0.1) is 0 Å². The van der Waals surface area contributed by atoms with Gasteiger partial charge in [-0.25, -0.2) is 0 Å². The molecule has 0 atom stereocenters. The highest BCUT2D eigenvalue weighted by molar-refractivity contribution is 5.62. The minimum atomic E-state index is 0.511. The number of aryl methyl sites for hydroxylation is 1. The molecule has 0 unspecified atom stereocenters. The molecule has 90 valence electrons. The molecule has 2 rings (SSSR count). The maximum absolute atomic E-state index is 4.20. The maximum atomic E-state index is 4.20. The van der Waals surface area contributed by atoms with Gasteiger partial charge >= 0.3 is 0 Å². The molecule has 2 aromatic rings. The molecule has 0 aliphatic heterocycles. The highest BCUT2D eigenvalue weighted by atomic mass is 15.2. The van der Waals surface area contributed by atoms with Crippen molar-refractivity contribution >= 4 is 0 Å². The van der Waals surface area contributed by atoms with E-state index < -0.39 is 0 Å². The van der Waals surface area contributed by atoms with Gasteiger partial charge in [0.2, 0.25) is 0 Å². The van der Waals surface area contributed by atoms with E-state index in [1.165, 1.54) is 16.7 Å². The Kier molecular flexibility index (Phi) is 3.59. The van der Waals surface area contributed by atoms with Crippen molar-refractivity contribution in [2.45, 2.75) is 26.4 Å². The standard InChI is InChI=1S/C14H19N3/c1-11(2)15-8-12-5-4-6-13(7-12)14-9-16-17(3)10-14/h4-7,9-11,15H,8H2,1-3H3. The van der Waals surface area contributed by atoms with Crippen molar-refractivity contribution in [2.24, 2.45) is 7.05 Å². The summed E-state index contributed by atoms with van der Waals surface area (Å²) in [6, 6.07) is 9.09. The molecule has 17 heavy (non-hydrogen) atoms. The van der Waals surface area contributed by atoms with Gasteiger partial charge in [0.05, 0.1) is 6.20 Å². The van der Waals surface area contributed by atoms with Crippen LogP contribution in [0.25, 0.3) is 11.1 Å². The van der Waals surface area contributed by atoms with E-state index in [-0.39, 0.29) is 0 Å². The Hall–Kier alpha value is -1.61. The van der Waals surface area contributed by atoms with E-state index >= 15 is 0 Å². The molecule has 0 saturated carbocycles. The van der Waals surface area contributed by atoms with E-state index in [1.807, 2.05) is 24.1 Å². The summed E-state index contributed by atoms with van der Waals surface area (Å²) < 4.78 is 1.83. The lowest BCUT2D eigenvalue weighted by molar-refractivity contribution is 0.589. The first kappa shape index (κ1) is 11.9. The van der Waals surface area contributed by atoms with E-state index in [0.717, 1.165) is 6.54 Å². The van der Waals surface area contributed by atoms with Gasteiger partial charge in [-0.3, -0.25) is 4.68 Å². The van der Waals surface area contributed by atoms with Gasteiger partial charge in [-0.05, 0) is 17.2 Å². The normalized spacial score (nSPS) is 11.1. The number of nitrogens with one attached hydrogen (secondary N) is 1. The Bertz CT molecular complexity index is 486. The monoisotopic (exact) mass is 229 g/mol. The summed E-state index contributed by atoms with van der Waals surface area (Å²) in [6.45, 7) is 5.22. The van der Waals surface area contributed by atoms with Crippen LogP contribution >= 0.6 is 0 Å². The Labute approximate surface area is 102 Å². The molecular weight excluding hydrogens is 210 g/mol. The van der Waals surface area contributed by atoms with Gasteiger partial charge in [0, 0.05) is 31.4 Å². The van der Waals surface area contributed by atoms with Crippen molar-refractivity contribution in [1.29, 1.82) is 0 Å². The maximum Gasteiger partial charge on any atom is 0.0568 e. The molecule has 0 radical (unpaired) electrons. The van der Waals surface area contributed by atoms with Crippen LogP contribution in [0.15, 0.2) is 36.7 Å². The quantitative estimate of drug-likeness (QED) is 0.873. The molecule has 0 saturated heterocycles. The van der Waals surface area contributed by atoms with E-state index in [2.05, 4.69) is 48.5 Å². The number of hydrogen-bond donors (Lipinski definition) is 1. The van der Waals surface area contributed by atoms with Crippen molar-refractivity contribution in [3.05, 3.63) is 42.2 Å². The van der Waals surface area contributed by atoms with Gasteiger partial charge in [0.1, 0.15) is 0 Å². The topological polar surface area (TPSA) is 29.9 Å². The number of aromatic nitrogens is 2. The first-order valence-corrected chi connectivity index (χ1v) is 5.96. The third-order valence-electron chi connectivity index (χ3n) is 2.68. The predicted molar refractivity (Wildman–Crippen MR) is 70.6 cm³/mol. The fourth-order valence-corrected chi connectivity index (χ4v) is 1.75. The summed E-state index contributed by atoms with van der Waals surface area (Å²) in [6.07, 6.45) is 3.93. The first-order chi connectivity index (χ1) is 8.15. The molecule has 1 aromatic heterocycles. The molecular formula is C14H19N3. The number of hydrogen-bond acceptors (Lipinski definition) is 2. The van der Waals surface area contributed by atoms with Crippen LogP contribution in [0.3, 0.4) is 0 Å². The van der Waals surface area contributed by atoms with Crippen molar-refractivity contribution in [3.8, 4) is 11.1 Å². The van der Waals surface area contributed by atoms with Gasteiger partial charge in [0.15, 0.2) is 0 Å². The van der Waals surface area contributed by atoms with E-state index in [9.17, 15) is 0 Å². The molecule has 1 heterocycles. The van der Waals surface area contributed by atoms with Crippen LogP contribution in [0.5, 0.6) is 0 Å². The lowest BCUT2D eigenvalue weighted by Crippen LogP contribution is -2.21. The van der Waals surface area contributed by atoms with Gasteiger partial charge < -0.3 is 5.32 Å². The third-order valence-corrected chi connectivity index (χ3v) is 2.68. The summed E-state index contributed by atoms with van der Waals surface area (Å²) in [7, 11) is 1.94. The molecule has 0 aliphatic carbocycles. The first-order valence-electron chi connectivity index (χ1n) is 5.96. The van der Waals surface area contributed by atoms with Crippen molar-refractivity contribution in [1.82, 2.24) is 15.1 Å². The molecule has 0 spiro atoms. The second kappa shape index (κ2) is 5.15. The lowest BCUT2D eigenvalue weighted by Gasteiger charge is -2.08. The highest BCUT2D eigenvalue weighted by Gasteiger charge is 2.02. The van der Waals surface area contributed by atoms with Gasteiger partial charge in [0.25, 0.3) is 0 Å². The molecule has 0 amide bonds. The van der Waals surface area contributed by atoms with Gasteiger partial charge in [-0.15, -0.1) is 0 Å². The summed E-state index contributed by atoms with van der Waals surface area (Å²) >= 11 is 0. The Balaban J connectivity index is 2.16. The van der Waals surface area contributed by atoms with Crippen LogP contribution in [0.1, 0.15) is 19.4 Å². The van der Waals surface area contributed by atoms with Crippen LogP contribution in [-0.4, -0.2) is 15.8 Å². The fourth-order valence-electron chi connectivity index (χ4n) is 1.75. The number of benzene rings is 1. The summed E-state index contributed by atoms with van der Waals surface area (Å²) in [5.74, 6) is 0. The van der Waals surface area contributed by atoms with Gasteiger partial charge in [-0.1, -0.05) is 32.0 Å². The smallest absolute Gasteiger partial charge is 0.0568 e. The molecule has 1 N–H and O–H groups in total. The molecule has 3 nitrogen and oxygen atoms in total. The Morgan fingerprint density at radius 1 is 1.29 bits per heavy atom. The van der Waals surface area contributed by atoms with E-state index in [4.69, 9.17) is 0 Å².